The van der Waals surface area contributed by atoms with E-state index in [0.717, 1.165) is 82.0 Å². The molecule has 0 saturated heterocycles. The summed E-state index contributed by atoms with van der Waals surface area (Å²) in [6, 6.07) is 16.7. The number of rotatable bonds is 15. The second-order valence-electron chi connectivity index (χ2n) is 10.1. The molecular formula is C34H45F2N. The van der Waals surface area contributed by atoms with Gasteiger partial charge in [-0.2, -0.15) is 0 Å². The first-order valence-electron chi connectivity index (χ1n) is 14.5. The Morgan fingerprint density at radius 2 is 1.14 bits per heavy atom. The summed E-state index contributed by atoms with van der Waals surface area (Å²) in [5, 5.41) is 0. The number of hydrogen-bond donors (Lipinski definition) is 0. The van der Waals surface area contributed by atoms with Gasteiger partial charge in [-0.25, -0.2) is 8.78 Å². The highest BCUT2D eigenvalue weighted by Crippen LogP contribution is 2.43. The molecule has 3 heteroatoms. The summed E-state index contributed by atoms with van der Waals surface area (Å²) in [6.45, 7) is 8.96. The van der Waals surface area contributed by atoms with E-state index in [1.54, 1.807) is 12.1 Å². The van der Waals surface area contributed by atoms with Gasteiger partial charge < -0.3 is 4.90 Å². The fourth-order valence-corrected chi connectivity index (χ4v) is 5.26. The van der Waals surface area contributed by atoms with Crippen molar-refractivity contribution >= 4 is 17.1 Å². The monoisotopic (exact) mass is 505 g/mol. The average Bonchev–Trinajstić information content (AvgIpc) is 2.92. The number of para-hydroxylation sites is 1. The van der Waals surface area contributed by atoms with E-state index in [0.29, 0.717) is 0 Å². The van der Waals surface area contributed by atoms with Gasteiger partial charge in [0, 0.05) is 11.4 Å². The zero-order valence-electron chi connectivity index (χ0n) is 23.4. The molecule has 3 rings (SSSR count). The van der Waals surface area contributed by atoms with Crippen LogP contribution in [0.3, 0.4) is 0 Å². The van der Waals surface area contributed by atoms with Crippen LogP contribution in [0.2, 0.25) is 0 Å². The van der Waals surface area contributed by atoms with Crippen molar-refractivity contribution in [2.24, 2.45) is 0 Å². The second-order valence-corrected chi connectivity index (χ2v) is 10.1. The quantitative estimate of drug-likeness (QED) is 0.198. The number of benzene rings is 3. The molecule has 1 nitrogen and oxygen atoms in total. The van der Waals surface area contributed by atoms with Crippen molar-refractivity contribution in [1.82, 2.24) is 0 Å². The SMILES string of the molecule is CCCCc1cc(N(c2ccccc2)c2cccc(F)c2F)c(CCCC)c(CCCC)c1CCCC. The summed E-state index contributed by atoms with van der Waals surface area (Å²) in [5.41, 5.74) is 7.82. The molecule has 3 aromatic rings. The van der Waals surface area contributed by atoms with Gasteiger partial charge in [0.05, 0.1) is 5.69 Å². The minimum atomic E-state index is -0.814. The standard InChI is InChI=1S/C34H45F2N/c1-5-9-17-26-25-33(30(22-12-8-4)29(21-11-7-3)28(26)20-10-6-2)37(27-18-14-13-15-19-27)32-24-16-23-31(35)34(32)36/h13-16,18-19,23-25H,5-12,17,20-22H2,1-4H3. The number of aryl methyl sites for hydroxylation is 1. The third-order valence-electron chi connectivity index (χ3n) is 7.30. The summed E-state index contributed by atoms with van der Waals surface area (Å²) in [7, 11) is 0. The molecule has 0 amide bonds. The van der Waals surface area contributed by atoms with E-state index in [1.165, 1.54) is 34.7 Å². The molecular weight excluding hydrogens is 460 g/mol. The molecule has 0 saturated carbocycles. The predicted molar refractivity (Wildman–Crippen MR) is 155 cm³/mol. The van der Waals surface area contributed by atoms with Crippen LogP contribution in [0.25, 0.3) is 0 Å². The maximum Gasteiger partial charge on any atom is 0.182 e. The minimum Gasteiger partial charge on any atom is -0.307 e. The van der Waals surface area contributed by atoms with Gasteiger partial charge in [-0.05, 0) is 104 Å². The summed E-state index contributed by atoms with van der Waals surface area (Å²) in [6.07, 6.45) is 13.1. The predicted octanol–water partition coefficient (Wildman–Crippen LogP) is 10.8. The highest BCUT2D eigenvalue weighted by molar-refractivity contribution is 5.80. The maximum absolute atomic E-state index is 15.4. The van der Waals surface area contributed by atoms with Crippen molar-refractivity contribution in [1.29, 1.82) is 0 Å². The van der Waals surface area contributed by atoms with E-state index < -0.39 is 11.6 Å². The molecule has 0 aromatic heterocycles. The van der Waals surface area contributed by atoms with E-state index in [4.69, 9.17) is 0 Å². The number of anilines is 3. The molecule has 200 valence electrons. The first-order valence-corrected chi connectivity index (χ1v) is 14.5. The molecule has 0 radical (unpaired) electrons. The molecule has 0 spiro atoms. The highest BCUT2D eigenvalue weighted by Gasteiger charge is 2.25. The zero-order valence-corrected chi connectivity index (χ0v) is 23.4. The Morgan fingerprint density at radius 1 is 0.568 bits per heavy atom. The van der Waals surface area contributed by atoms with Gasteiger partial charge in [-0.3, -0.25) is 0 Å². The van der Waals surface area contributed by atoms with Crippen LogP contribution in [0.15, 0.2) is 54.6 Å². The molecule has 0 fully saturated rings. The average molecular weight is 506 g/mol. The maximum atomic E-state index is 15.4. The van der Waals surface area contributed by atoms with Crippen LogP contribution in [0.4, 0.5) is 25.8 Å². The fourth-order valence-electron chi connectivity index (χ4n) is 5.26. The van der Waals surface area contributed by atoms with Crippen molar-refractivity contribution in [2.75, 3.05) is 4.90 Å². The largest absolute Gasteiger partial charge is 0.307 e. The Kier molecular flexibility index (Phi) is 11.6. The van der Waals surface area contributed by atoms with Crippen LogP contribution < -0.4 is 4.90 Å². The van der Waals surface area contributed by atoms with Crippen molar-refractivity contribution in [3.05, 3.63) is 88.5 Å². The van der Waals surface area contributed by atoms with Gasteiger partial charge in [-0.15, -0.1) is 0 Å². The van der Waals surface area contributed by atoms with Crippen LogP contribution >= 0.6 is 0 Å². The molecule has 0 atom stereocenters. The van der Waals surface area contributed by atoms with Crippen LogP contribution in [0.5, 0.6) is 0 Å². The van der Waals surface area contributed by atoms with Gasteiger partial charge in [-0.1, -0.05) is 77.6 Å². The third-order valence-corrected chi connectivity index (χ3v) is 7.30. The zero-order chi connectivity index (χ0) is 26.6. The van der Waals surface area contributed by atoms with E-state index in [-0.39, 0.29) is 5.69 Å². The van der Waals surface area contributed by atoms with Crippen molar-refractivity contribution in [3.8, 4) is 0 Å². The van der Waals surface area contributed by atoms with Crippen LogP contribution in [0, 0.1) is 11.6 Å². The molecule has 0 heterocycles. The molecule has 3 aromatic carbocycles. The topological polar surface area (TPSA) is 3.24 Å². The van der Waals surface area contributed by atoms with E-state index in [2.05, 4.69) is 33.8 Å². The lowest BCUT2D eigenvalue weighted by atomic mass is 9.84. The van der Waals surface area contributed by atoms with E-state index in [9.17, 15) is 4.39 Å². The summed E-state index contributed by atoms with van der Waals surface area (Å²) in [4.78, 5) is 1.97. The molecule has 0 unspecified atom stereocenters. The second kappa shape index (κ2) is 14.9. The lowest BCUT2D eigenvalue weighted by molar-refractivity contribution is 0.510. The summed E-state index contributed by atoms with van der Waals surface area (Å²) < 4.78 is 30.0. The smallest absolute Gasteiger partial charge is 0.182 e. The summed E-state index contributed by atoms with van der Waals surface area (Å²) >= 11 is 0. The fraction of sp³-hybridized carbons (Fsp3) is 0.471. The minimum absolute atomic E-state index is 0.271. The Hall–Kier alpha value is -2.68. The van der Waals surface area contributed by atoms with Gasteiger partial charge in [0.25, 0.3) is 0 Å². The molecule has 0 bridgehead atoms. The number of unbranched alkanes of at least 4 members (excludes halogenated alkanes) is 4. The normalized spacial score (nSPS) is 11.2. The van der Waals surface area contributed by atoms with E-state index in [1.807, 2.05) is 35.2 Å². The van der Waals surface area contributed by atoms with Gasteiger partial charge in [0.1, 0.15) is 0 Å². The van der Waals surface area contributed by atoms with Crippen molar-refractivity contribution < 1.29 is 8.78 Å². The Labute approximate surface area is 223 Å². The number of halogens is 2. The van der Waals surface area contributed by atoms with Gasteiger partial charge in [0.2, 0.25) is 0 Å². The molecule has 0 N–H and O–H groups in total. The van der Waals surface area contributed by atoms with Gasteiger partial charge >= 0.3 is 0 Å². The van der Waals surface area contributed by atoms with Crippen molar-refractivity contribution in [3.63, 3.8) is 0 Å². The first kappa shape index (κ1) is 28.9. The van der Waals surface area contributed by atoms with Crippen LogP contribution in [-0.4, -0.2) is 0 Å². The van der Waals surface area contributed by atoms with Crippen LogP contribution in [0.1, 0.15) is 101 Å². The Morgan fingerprint density at radius 3 is 1.76 bits per heavy atom. The first-order chi connectivity index (χ1) is 18.1. The number of hydrogen-bond acceptors (Lipinski definition) is 1. The third kappa shape index (κ3) is 7.21. The lowest BCUT2D eigenvalue weighted by Crippen LogP contribution is -2.18. The molecule has 0 aliphatic heterocycles. The number of nitrogens with zero attached hydrogens (tertiary/aromatic N) is 1. The van der Waals surface area contributed by atoms with Gasteiger partial charge in [0.15, 0.2) is 11.6 Å². The van der Waals surface area contributed by atoms with Crippen LogP contribution in [-0.2, 0) is 25.7 Å². The molecule has 37 heavy (non-hydrogen) atoms. The molecule has 0 aliphatic rings. The molecule has 0 aliphatic carbocycles. The summed E-state index contributed by atoms with van der Waals surface area (Å²) in [5.74, 6) is -1.61. The van der Waals surface area contributed by atoms with E-state index >= 15 is 4.39 Å². The highest BCUT2D eigenvalue weighted by atomic mass is 19.2. The Bertz CT molecular complexity index is 1110. The Balaban J connectivity index is 2.38. The van der Waals surface area contributed by atoms with Crippen molar-refractivity contribution in [2.45, 2.75) is 105 Å². The lowest BCUT2D eigenvalue weighted by Gasteiger charge is -2.32.